The molecule has 2 amide bonds. The molecule has 1 N–H and O–H groups in total. The van der Waals surface area contributed by atoms with Gasteiger partial charge in [-0.25, -0.2) is 4.68 Å². The number of nitrogens with zero attached hydrogens (tertiary/aromatic N) is 3. The Bertz CT molecular complexity index is 1420. The topological polar surface area (TPSA) is 76.5 Å². The highest BCUT2D eigenvalue weighted by molar-refractivity contribution is 8.00. The van der Waals surface area contributed by atoms with E-state index in [9.17, 15) is 9.59 Å². The summed E-state index contributed by atoms with van der Waals surface area (Å²) in [6.07, 6.45) is 0.878. The van der Waals surface area contributed by atoms with E-state index >= 15 is 0 Å². The molecule has 1 unspecified atom stereocenters. The number of anilines is 1. The monoisotopic (exact) mass is 560 g/mol. The number of methoxy groups -OCH3 is 1. The smallest absolute Gasteiger partial charge is 0.240 e. The van der Waals surface area contributed by atoms with E-state index in [1.807, 2.05) is 65.3 Å². The molecule has 202 valence electrons. The van der Waals surface area contributed by atoms with E-state index in [0.29, 0.717) is 18.3 Å². The molecule has 3 heterocycles. The lowest BCUT2D eigenvalue weighted by atomic mass is 10.0. The van der Waals surface area contributed by atoms with E-state index in [0.717, 1.165) is 39.6 Å². The molecule has 0 radical (unpaired) electrons. The van der Waals surface area contributed by atoms with Crippen molar-refractivity contribution in [1.29, 1.82) is 0 Å². The van der Waals surface area contributed by atoms with E-state index in [2.05, 4.69) is 30.6 Å². The molecule has 1 atom stereocenters. The second-order valence-electron chi connectivity index (χ2n) is 9.78. The third-order valence-electron chi connectivity index (χ3n) is 6.60. The minimum absolute atomic E-state index is 0.0717. The minimum Gasteiger partial charge on any atom is -0.497 e. The zero-order chi connectivity index (χ0) is 27.4. The van der Waals surface area contributed by atoms with Crippen LogP contribution in [0.1, 0.15) is 36.0 Å². The van der Waals surface area contributed by atoms with E-state index in [1.54, 1.807) is 35.1 Å². The summed E-state index contributed by atoms with van der Waals surface area (Å²) in [6.45, 7) is 4.75. The third-order valence-corrected chi connectivity index (χ3v) is 8.92. The third kappa shape index (κ3) is 5.89. The van der Waals surface area contributed by atoms with Crippen molar-refractivity contribution < 1.29 is 14.3 Å². The van der Waals surface area contributed by atoms with Gasteiger partial charge in [-0.05, 0) is 48.1 Å². The van der Waals surface area contributed by atoms with Gasteiger partial charge >= 0.3 is 0 Å². The predicted octanol–water partition coefficient (Wildman–Crippen LogP) is 5.94. The van der Waals surface area contributed by atoms with Gasteiger partial charge in [0.1, 0.15) is 18.1 Å². The molecule has 1 aliphatic heterocycles. The van der Waals surface area contributed by atoms with Gasteiger partial charge in [0.15, 0.2) is 0 Å². The number of nitrogens with one attached hydrogen (secondary N) is 1. The number of thioether (sulfide) groups is 1. The van der Waals surface area contributed by atoms with Gasteiger partial charge in [0.05, 0.1) is 29.5 Å². The van der Waals surface area contributed by atoms with Gasteiger partial charge in [-0.3, -0.25) is 14.5 Å². The largest absolute Gasteiger partial charge is 0.497 e. The average Bonchev–Trinajstić information content (AvgIpc) is 3.59. The van der Waals surface area contributed by atoms with Crippen molar-refractivity contribution in [1.82, 2.24) is 15.1 Å². The van der Waals surface area contributed by atoms with Crippen LogP contribution in [0, 0.1) is 5.92 Å². The van der Waals surface area contributed by atoms with Crippen molar-refractivity contribution in [3.05, 3.63) is 82.6 Å². The molecular formula is C30H32N4O3S2. The number of amides is 2. The van der Waals surface area contributed by atoms with E-state index < -0.39 is 0 Å². The molecule has 0 spiro atoms. The Morgan fingerprint density at radius 3 is 2.54 bits per heavy atom. The molecule has 39 heavy (non-hydrogen) atoms. The molecular weight excluding hydrogens is 528 g/mol. The summed E-state index contributed by atoms with van der Waals surface area (Å²) in [4.78, 5) is 29.6. The van der Waals surface area contributed by atoms with Crippen LogP contribution in [-0.2, 0) is 9.59 Å². The molecule has 4 aromatic rings. The van der Waals surface area contributed by atoms with Crippen LogP contribution in [0.25, 0.3) is 16.9 Å². The Kier molecular flexibility index (Phi) is 8.38. The lowest BCUT2D eigenvalue weighted by Crippen LogP contribution is -2.42. The van der Waals surface area contributed by atoms with Gasteiger partial charge in [-0.15, -0.1) is 23.1 Å². The Morgan fingerprint density at radius 1 is 1.10 bits per heavy atom. The maximum atomic E-state index is 13.7. The van der Waals surface area contributed by atoms with Crippen LogP contribution < -0.4 is 15.0 Å². The van der Waals surface area contributed by atoms with E-state index in [4.69, 9.17) is 9.84 Å². The summed E-state index contributed by atoms with van der Waals surface area (Å²) >= 11 is 3.25. The number of carbonyl (C=O) groups excluding carboxylic acids is 2. The molecule has 0 bridgehead atoms. The lowest BCUT2D eigenvalue weighted by molar-refractivity contribution is -0.122. The first-order valence-corrected chi connectivity index (χ1v) is 14.9. The fourth-order valence-electron chi connectivity index (χ4n) is 4.60. The van der Waals surface area contributed by atoms with Gasteiger partial charge < -0.3 is 10.1 Å². The number of thiophene rings is 1. The Morgan fingerprint density at radius 2 is 1.87 bits per heavy atom. The number of aromatic nitrogens is 2. The van der Waals surface area contributed by atoms with Crippen molar-refractivity contribution in [2.24, 2.45) is 5.92 Å². The molecule has 7 nitrogen and oxygen atoms in total. The molecule has 0 fully saturated rings. The van der Waals surface area contributed by atoms with Crippen molar-refractivity contribution in [2.45, 2.75) is 25.5 Å². The second-order valence-corrected chi connectivity index (χ2v) is 11.9. The first-order valence-electron chi connectivity index (χ1n) is 13.0. The molecule has 0 saturated carbocycles. The van der Waals surface area contributed by atoms with Crippen molar-refractivity contribution in [3.8, 4) is 22.7 Å². The Labute approximate surface area is 237 Å². The summed E-state index contributed by atoms with van der Waals surface area (Å²) in [6, 6.07) is 21.7. The summed E-state index contributed by atoms with van der Waals surface area (Å²) in [5.41, 5.74) is 3.47. The van der Waals surface area contributed by atoms with Crippen LogP contribution in [0.5, 0.6) is 5.75 Å². The number of ether oxygens (including phenoxy) is 1. The van der Waals surface area contributed by atoms with Gasteiger partial charge in [0.25, 0.3) is 0 Å². The van der Waals surface area contributed by atoms with Gasteiger partial charge in [-0.2, -0.15) is 5.10 Å². The fraction of sp³-hybridized carbons (Fsp3) is 0.300. The van der Waals surface area contributed by atoms with Crippen molar-refractivity contribution in [3.63, 3.8) is 0 Å². The molecule has 1 aliphatic rings. The maximum Gasteiger partial charge on any atom is 0.240 e. The molecule has 0 saturated heterocycles. The second kappa shape index (κ2) is 12.1. The van der Waals surface area contributed by atoms with Crippen LogP contribution in [0.2, 0.25) is 0 Å². The van der Waals surface area contributed by atoms with Crippen LogP contribution in [0.4, 0.5) is 5.82 Å². The first-order chi connectivity index (χ1) is 19.0. The molecule has 0 aliphatic carbocycles. The molecule has 2 aromatic heterocycles. The lowest BCUT2D eigenvalue weighted by Gasteiger charge is -2.23. The average molecular weight is 561 g/mol. The standard InChI is InChI=1S/C30H32N4O3S2/c1-20(2)15-16-31-25(35)18-33-26(36)19-39-29(24-10-7-17-38-24)27-28(21-8-5-4-6-9-21)32-34(30(27)33)22-11-13-23(37-3)14-12-22/h4-14,17,20,29H,15-16,18-19H2,1-3H3,(H,31,35). The highest BCUT2D eigenvalue weighted by Crippen LogP contribution is 2.49. The number of hydrogen-bond acceptors (Lipinski definition) is 6. The SMILES string of the molecule is COc1ccc(-n2nc(-c3ccccc3)c3c2N(CC(=O)NCCC(C)C)C(=O)CSC3c2cccs2)cc1. The number of fused-ring (bicyclic) bond motifs is 1. The first kappa shape index (κ1) is 27.0. The van der Waals surface area contributed by atoms with Gasteiger partial charge in [0.2, 0.25) is 11.8 Å². The van der Waals surface area contributed by atoms with Crippen LogP contribution >= 0.6 is 23.1 Å². The van der Waals surface area contributed by atoms with Crippen LogP contribution in [-0.4, -0.2) is 47.5 Å². The summed E-state index contributed by atoms with van der Waals surface area (Å²) < 4.78 is 7.18. The zero-order valence-electron chi connectivity index (χ0n) is 22.3. The summed E-state index contributed by atoms with van der Waals surface area (Å²) in [5, 5.41) is 10.1. The molecule has 9 heteroatoms. The summed E-state index contributed by atoms with van der Waals surface area (Å²) in [7, 11) is 1.63. The van der Waals surface area contributed by atoms with E-state index in [1.165, 1.54) is 0 Å². The van der Waals surface area contributed by atoms with Crippen LogP contribution in [0.3, 0.4) is 0 Å². The Hall–Kier alpha value is -3.56. The number of rotatable bonds is 9. The van der Waals surface area contributed by atoms with Crippen molar-refractivity contribution >= 4 is 40.7 Å². The highest BCUT2D eigenvalue weighted by Gasteiger charge is 2.38. The van der Waals surface area contributed by atoms with E-state index in [-0.39, 0.29) is 29.4 Å². The quantitative estimate of drug-likeness (QED) is 0.274. The number of carbonyl (C=O) groups is 2. The van der Waals surface area contributed by atoms with Gasteiger partial charge in [-0.1, -0.05) is 50.2 Å². The maximum absolute atomic E-state index is 13.7. The predicted molar refractivity (Wildman–Crippen MR) is 159 cm³/mol. The Balaban J connectivity index is 1.69. The zero-order valence-corrected chi connectivity index (χ0v) is 23.9. The summed E-state index contributed by atoms with van der Waals surface area (Å²) in [5.74, 6) is 1.79. The fourth-order valence-corrected chi connectivity index (χ4v) is 6.77. The van der Waals surface area contributed by atoms with Crippen molar-refractivity contribution in [2.75, 3.05) is 30.9 Å². The minimum atomic E-state index is -0.182. The molecule has 2 aromatic carbocycles. The van der Waals surface area contributed by atoms with Gasteiger partial charge in [0, 0.05) is 22.5 Å². The number of hydrogen-bond donors (Lipinski definition) is 1. The van der Waals surface area contributed by atoms with Crippen LogP contribution in [0.15, 0.2) is 72.1 Å². The normalized spacial score (nSPS) is 15.2. The number of benzene rings is 2. The molecule has 5 rings (SSSR count). The highest BCUT2D eigenvalue weighted by atomic mass is 32.2.